The molecule has 2 aromatic carbocycles. The SMILES string of the molecule is N#Cc1ccc(NC(=O)Cn2c(=O)oc3cc(Cl)ccc32)cc1Cl. The number of anilines is 1. The maximum Gasteiger partial charge on any atom is 0.420 e. The molecule has 3 rings (SSSR count). The highest BCUT2D eigenvalue weighted by Gasteiger charge is 2.13. The van der Waals surface area contributed by atoms with Gasteiger partial charge in [-0.3, -0.25) is 9.36 Å². The van der Waals surface area contributed by atoms with Crippen molar-refractivity contribution in [1.29, 1.82) is 5.26 Å². The minimum absolute atomic E-state index is 0.231. The number of carbonyl (C=O) groups is 1. The predicted octanol–water partition coefficient (Wildman–Crippen LogP) is 3.41. The summed E-state index contributed by atoms with van der Waals surface area (Å²) in [4.78, 5) is 24.1. The maximum absolute atomic E-state index is 12.2. The van der Waals surface area contributed by atoms with Crippen molar-refractivity contribution >= 4 is 45.9 Å². The molecule has 8 heteroatoms. The zero-order valence-corrected chi connectivity index (χ0v) is 13.6. The largest absolute Gasteiger partial charge is 0.420 e. The van der Waals surface area contributed by atoms with Gasteiger partial charge in [-0.15, -0.1) is 0 Å². The highest BCUT2D eigenvalue weighted by Crippen LogP contribution is 2.21. The van der Waals surface area contributed by atoms with Crippen molar-refractivity contribution in [3.8, 4) is 6.07 Å². The van der Waals surface area contributed by atoms with Crippen LogP contribution in [0.15, 0.2) is 45.6 Å². The van der Waals surface area contributed by atoms with Crippen molar-refractivity contribution in [2.75, 3.05) is 5.32 Å². The van der Waals surface area contributed by atoms with Gasteiger partial charge in [-0.2, -0.15) is 5.26 Å². The molecule has 0 bridgehead atoms. The van der Waals surface area contributed by atoms with Crippen LogP contribution in [0.2, 0.25) is 10.0 Å². The van der Waals surface area contributed by atoms with Crippen molar-refractivity contribution in [1.82, 2.24) is 4.57 Å². The van der Waals surface area contributed by atoms with Crippen molar-refractivity contribution in [2.45, 2.75) is 6.54 Å². The van der Waals surface area contributed by atoms with Crippen LogP contribution in [0.3, 0.4) is 0 Å². The number of hydrogen-bond donors (Lipinski definition) is 1. The zero-order chi connectivity index (χ0) is 17.3. The van der Waals surface area contributed by atoms with Crippen LogP contribution >= 0.6 is 23.2 Å². The van der Waals surface area contributed by atoms with Crippen LogP contribution in [-0.2, 0) is 11.3 Å². The number of halogens is 2. The highest BCUT2D eigenvalue weighted by molar-refractivity contribution is 6.32. The molecule has 0 saturated carbocycles. The van der Waals surface area contributed by atoms with Gasteiger partial charge < -0.3 is 9.73 Å². The Bertz CT molecular complexity index is 1050. The number of hydrogen-bond acceptors (Lipinski definition) is 4. The fourth-order valence-electron chi connectivity index (χ4n) is 2.22. The van der Waals surface area contributed by atoms with Crippen LogP contribution in [0.25, 0.3) is 11.1 Å². The lowest BCUT2D eigenvalue weighted by Gasteiger charge is -2.06. The molecule has 0 saturated heterocycles. The van der Waals surface area contributed by atoms with Gasteiger partial charge in [0.2, 0.25) is 5.91 Å². The first-order valence-electron chi connectivity index (χ1n) is 6.76. The fourth-order valence-corrected chi connectivity index (χ4v) is 2.60. The predicted molar refractivity (Wildman–Crippen MR) is 90.3 cm³/mol. The molecule has 0 spiro atoms. The Morgan fingerprint density at radius 2 is 2.04 bits per heavy atom. The summed E-state index contributed by atoms with van der Waals surface area (Å²) in [6.45, 7) is -0.231. The van der Waals surface area contributed by atoms with Crippen molar-refractivity contribution < 1.29 is 9.21 Å². The zero-order valence-electron chi connectivity index (χ0n) is 12.0. The number of benzene rings is 2. The van der Waals surface area contributed by atoms with Gasteiger partial charge in [0.05, 0.1) is 16.1 Å². The first-order valence-corrected chi connectivity index (χ1v) is 7.52. The van der Waals surface area contributed by atoms with Crippen LogP contribution < -0.4 is 11.1 Å². The second-order valence-electron chi connectivity index (χ2n) is 4.92. The van der Waals surface area contributed by atoms with E-state index in [1.807, 2.05) is 6.07 Å². The summed E-state index contributed by atoms with van der Waals surface area (Å²) in [5, 5.41) is 12.1. The lowest BCUT2D eigenvalue weighted by atomic mass is 10.2. The molecule has 0 radical (unpaired) electrons. The highest BCUT2D eigenvalue weighted by atomic mass is 35.5. The van der Waals surface area contributed by atoms with Gasteiger partial charge in [-0.05, 0) is 30.3 Å². The van der Waals surface area contributed by atoms with Gasteiger partial charge in [0.15, 0.2) is 5.58 Å². The Hall–Kier alpha value is -2.75. The Kier molecular flexibility index (Phi) is 4.30. The van der Waals surface area contributed by atoms with Crippen LogP contribution in [0.1, 0.15) is 5.56 Å². The molecule has 1 N–H and O–H groups in total. The molecule has 3 aromatic rings. The number of amides is 1. The van der Waals surface area contributed by atoms with E-state index in [-0.39, 0.29) is 11.6 Å². The molecule has 0 aliphatic carbocycles. The summed E-state index contributed by atoms with van der Waals surface area (Å²) in [5.74, 6) is -1.09. The van der Waals surface area contributed by atoms with E-state index in [4.69, 9.17) is 32.9 Å². The number of nitriles is 1. The van der Waals surface area contributed by atoms with Gasteiger partial charge in [-0.25, -0.2) is 4.79 Å². The standard InChI is InChI=1S/C16H9Cl2N3O3/c17-10-2-4-13-14(5-10)24-16(23)21(13)8-15(22)20-11-3-1-9(7-19)12(18)6-11/h1-6H,8H2,(H,20,22). The summed E-state index contributed by atoms with van der Waals surface area (Å²) in [7, 11) is 0. The second kappa shape index (κ2) is 6.40. The fraction of sp³-hybridized carbons (Fsp3) is 0.0625. The molecule has 0 aliphatic heterocycles. The number of oxazole rings is 1. The monoisotopic (exact) mass is 361 g/mol. The average Bonchev–Trinajstić information content (AvgIpc) is 2.82. The topological polar surface area (TPSA) is 88.0 Å². The third kappa shape index (κ3) is 3.13. The minimum atomic E-state index is -0.653. The number of nitrogens with zero attached hydrogens (tertiary/aromatic N) is 2. The van der Waals surface area contributed by atoms with Crippen molar-refractivity contribution in [3.05, 3.63) is 62.6 Å². The van der Waals surface area contributed by atoms with E-state index >= 15 is 0 Å². The molecule has 0 atom stereocenters. The summed E-state index contributed by atoms with van der Waals surface area (Å²) < 4.78 is 6.27. The van der Waals surface area contributed by atoms with E-state index < -0.39 is 11.7 Å². The average molecular weight is 362 g/mol. The molecular weight excluding hydrogens is 353 g/mol. The molecule has 1 heterocycles. The van der Waals surface area contributed by atoms with Gasteiger partial charge in [0, 0.05) is 16.8 Å². The third-order valence-electron chi connectivity index (χ3n) is 3.31. The quantitative estimate of drug-likeness (QED) is 0.773. The van der Waals surface area contributed by atoms with E-state index in [2.05, 4.69) is 5.32 Å². The van der Waals surface area contributed by atoms with E-state index in [1.54, 1.807) is 18.2 Å². The number of rotatable bonds is 3. The Balaban J connectivity index is 1.83. The summed E-state index contributed by atoms with van der Waals surface area (Å²) in [6, 6.07) is 11.2. The van der Waals surface area contributed by atoms with Crippen LogP contribution in [0.4, 0.5) is 5.69 Å². The van der Waals surface area contributed by atoms with E-state index in [9.17, 15) is 9.59 Å². The molecule has 0 aliphatic rings. The first-order chi connectivity index (χ1) is 11.5. The molecule has 1 aromatic heterocycles. The molecule has 0 unspecified atom stereocenters. The maximum atomic E-state index is 12.2. The first kappa shape index (κ1) is 16.1. The number of aromatic nitrogens is 1. The molecule has 6 nitrogen and oxygen atoms in total. The Morgan fingerprint density at radius 1 is 1.25 bits per heavy atom. The minimum Gasteiger partial charge on any atom is -0.408 e. The van der Waals surface area contributed by atoms with Gasteiger partial charge in [0.25, 0.3) is 0 Å². The Labute approximate surface area is 145 Å². The second-order valence-corrected chi connectivity index (χ2v) is 5.76. The van der Waals surface area contributed by atoms with Gasteiger partial charge in [0.1, 0.15) is 12.6 Å². The smallest absolute Gasteiger partial charge is 0.408 e. The molecule has 0 fully saturated rings. The summed E-state index contributed by atoms with van der Waals surface area (Å²) in [6.07, 6.45) is 0. The lowest BCUT2D eigenvalue weighted by molar-refractivity contribution is -0.116. The molecule has 1 amide bonds. The van der Waals surface area contributed by atoms with E-state index in [0.29, 0.717) is 27.4 Å². The summed E-state index contributed by atoms with van der Waals surface area (Å²) in [5.41, 5.74) is 1.51. The van der Waals surface area contributed by atoms with Crippen LogP contribution in [-0.4, -0.2) is 10.5 Å². The van der Waals surface area contributed by atoms with Gasteiger partial charge in [-0.1, -0.05) is 23.2 Å². The molecule has 120 valence electrons. The summed E-state index contributed by atoms with van der Waals surface area (Å²) >= 11 is 11.8. The van der Waals surface area contributed by atoms with E-state index in [0.717, 1.165) is 0 Å². The third-order valence-corrected chi connectivity index (χ3v) is 3.85. The normalized spacial score (nSPS) is 10.5. The molecular formula is C16H9Cl2N3O3. The van der Waals surface area contributed by atoms with Gasteiger partial charge >= 0.3 is 5.76 Å². The lowest BCUT2D eigenvalue weighted by Crippen LogP contribution is -2.24. The number of nitrogens with one attached hydrogen (secondary N) is 1. The molecule has 24 heavy (non-hydrogen) atoms. The van der Waals surface area contributed by atoms with Crippen LogP contribution in [0.5, 0.6) is 0 Å². The van der Waals surface area contributed by atoms with Crippen molar-refractivity contribution in [3.63, 3.8) is 0 Å². The number of carbonyl (C=O) groups excluding carboxylic acids is 1. The van der Waals surface area contributed by atoms with Crippen LogP contribution in [0, 0.1) is 11.3 Å². The van der Waals surface area contributed by atoms with E-state index in [1.165, 1.54) is 22.8 Å². The Morgan fingerprint density at radius 3 is 2.75 bits per heavy atom. The van der Waals surface area contributed by atoms with Crippen molar-refractivity contribution in [2.24, 2.45) is 0 Å². The number of fused-ring (bicyclic) bond motifs is 1.